The van der Waals surface area contributed by atoms with Crippen molar-refractivity contribution in [1.82, 2.24) is 10.6 Å². The molecule has 1 saturated heterocycles. The third-order valence-electron chi connectivity index (χ3n) is 6.67. The van der Waals surface area contributed by atoms with Gasteiger partial charge in [-0.3, -0.25) is 4.79 Å². The van der Waals surface area contributed by atoms with E-state index >= 15 is 0 Å². The molecule has 2 aromatic carbocycles. The number of rotatable bonds is 8. The van der Waals surface area contributed by atoms with E-state index in [-0.39, 0.29) is 44.5 Å². The van der Waals surface area contributed by atoms with Gasteiger partial charge in [0.15, 0.2) is 5.54 Å². The first-order chi connectivity index (χ1) is 16.3. The first-order valence-electron chi connectivity index (χ1n) is 11.5. The van der Waals surface area contributed by atoms with Crippen LogP contribution in [0.25, 0.3) is 11.1 Å². The van der Waals surface area contributed by atoms with Gasteiger partial charge >= 0.3 is 12.1 Å². The van der Waals surface area contributed by atoms with E-state index in [4.69, 9.17) is 9.47 Å². The van der Waals surface area contributed by atoms with E-state index in [1.165, 1.54) is 0 Å². The highest BCUT2D eigenvalue weighted by Gasteiger charge is 2.44. The number of aliphatic carboxylic acids is 1. The first-order valence-corrected chi connectivity index (χ1v) is 11.5. The summed E-state index contributed by atoms with van der Waals surface area (Å²) in [6, 6.07) is 15.7. The Kier molecular flexibility index (Phi) is 6.88. The minimum absolute atomic E-state index is 0.0586. The van der Waals surface area contributed by atoms with Crippen LogP contribution in [0.3, 0.4) is 0 Å². The number of carboxylic acid groups (broad SMARTS) is 1. The Hall–Kier alpha value is -3.39. The van der Waals surface area contributed by atoms with Crippen molar-refractivity contribution in [3.63, 3.8) is 0 Å². The Morgan fingerprint density at radius 2 is 1.71 bits per heavy atom. The van der Waals surface area contributed by atoms with E-state index in [9.17, 15) is 19.5 Å². The Labute approximate surface area is 198 Å². The maximum atomic E-state index is 12.7. The standard InChI is InChI=1S/C26H30N2O6/c1-16(2)22(13-23(29)28-26(24(30)31)11-12-33-15-26)27-25(32)34-14-21-19-9-5-3-7-17(19)18-8-4-6-10-20(18)21/h3-10,16,21-22H,11-15H2,1-2H3,(H,27,32)(H,28,29)(H,30,31)/t22-,26?/m1/s1. The van der Waals surface area contributed by atoms with Crippen LogP contribution in [-0.4, -0.2) is 54.5 Å². The predicted octanol–water partition coefficient (Wildman–Crippen LogP) is 3.30. The Bertz CT molecular complexity index is 1030. The lowest BCUT2D eigenvalue weighted by Crippen LogP contribution is -2.56. The fraction of sp³-hybridized carbons (Fsp3) is 0.423. The van der Waals surface area contributed by atoms with Gasteiger partial charge < -0.3 is 25.2 Å². The molecule has 0 spiro atoms. The monoisotopic (exact) mass is 466 g/mol. The van der Waals surface area contributed by atoms with Gasteiger partial charge in [0.1, 0.15) is 6.61 Å². The Morgan fingerprint density at radius 3 is 2.24 bits per heavy atom. The Morgan fingerprint density at radius 1 is 1.09 bits per heavy atom. The molecule has 1 heterocycles. The second kappa shape index (κ2) is 9.85. The molecule has 34 heavy (non-hydrogen) atoms. The van der Waals surface area contributed by atoms with Gasteiger partial charge in [-0.25, -0.2) is 9.59 Å². The fourth-order valence-corrected chi connectivity index (χ4v) is 4.65. The molecule has 0 saturated carbocycles. The van der Waals surface area contributed by atoms with Crippen LogP contribution >= 0.6 is 0 Å². The molecule has 1 fully saturated rings. The van der Waals surface area contributed by atoms with E-state index < -0.39 is 29.6 Å². The van der Waals surface area contributed by atoms with Crippen molar-refractivity contribution in [3.05, 3.63) is 59.7 Å². The molecule has 4 rings (SSSR count). The van der Waals surface area contributed by atoms with Crippen molar-refractivity contribution in [3.8, 4) is 11.1 Å². The zero-order valence-electron chi connectivity index (χ0n) is 19.4. The zero-order chi connectivity index (χ0) is 24.3. The molecular weight excluding hydrogens is 436 g/mol. The molecule has 2 amide bonds. The molecule has 1 aliphatic carbocycles. The molecule has 2 atom stereocenters. The predicted molar refractivity (Wildman–Crippen MR) is 125 cm³/mol. The van der Waals surface area contributed by atoms with Crippen molar-refractivity contribution in [1.29, 1.82) is 0 Å². The number of alkyl carbamates (subject to hydrolysis) is 1. The van der Waals surface area contributed by atoms with Crippen LogP contribution in [0.2, 0.25) is 0 Å². The number of hydrogen-bond donors (Lipinski definition) is 3. The second-order valence-corrected chi connectivity index (χ2v) is 9.26. The number of carbonyl (C=O) groups excluding carboxylic acids is 2. The number of hydrogen-bond acceptors (Lipinski definition) is 5. The average Bonchev–Trinajstić information content (AvgIpc) is 3.41. The van der Waals surface area contributed by atoms with Crippen LogP contribution in [0.4, 0.5) is 4.79 Å². The number of carbonyl (C=O) groups is 3. The lowest BCUT2D eigenvalue weighted by Gasteiger charge is -2.27. The second-order valence-electron chi connectivity index (χ2n) is 9.26. The van der Waals surface area contributed by atoms with E-state index in [1.54, 1.807) is 0 Å². The highest BCUT2D eigenvalue weighted by atomic mass is 16.5. The van der Waals surface area contributed by atoms with Gasteiger partial charge in [-0.1, -0.05) is 62.4 Å². The van der Waals surface area contributed by atoms with Gasteiger partial charge in [-0.2, -0.15) is 0 Å². The van der Waals surface area contributed by atoms with Crippen LogP contribution in [0.5, 0.6) is 0 Å². The van der Waals surface area contributed by atoms with E-state index in [1.807, 2.05) is 50.2 Å². The van der Waals surface area contributed by atoms with Crippen LogP contribution in [0.15, 0.2) is 48.5 Å². The number of nitrogens with one attached hydrogen (secondary N) is 2. The molecule has 0 aromatic heterocycles. The van der Waals surface area contributed by atoms with Gasteiger partial charge in [0.25, 0.3) is 0 Å². The quantitative estimate of drug-likeness (QED) is 0.550. The topological polar surface area (TPSA) is 114 Å². The zero-order valence-corrected chi connectivity index (χ0v) is 19.4. The number of ether oxygens (including phenoxy) is 2. The molecule has 1 aliphatic heterocycles. The molecule has 0 bridgehead atoms. The first kappa shape index (κ1) is 23.8. The molecule has 1 unspecified atom stereocenters. The molecule has 8 heteroatoms. The maximum absolute atomic E-state index is 12.7. The molecule has 0 radical (unpaired) electrons. The van der Waals surface area contributed by atoms with Crippen LogP contribution < -0.4 is 10.6 Å². The van der Waals surface area contributed by atoms with E-state index in [0.717, 1.165) is 22.3 Å². The van der Waals surface area contributed by atoms with Crippen molar-refractivity contribution in [2.45, 2.75) is 44.2 Å². The summed E-state index contributed by atoms with van der Waals surface area (Å²) in [5.74, 6) is -1.70. The number of benzene rings is 2. The summed E-state index contributed by atoms with van der Waals surface area (Å²) < 4.78 is 10.8. The number of carboxylic acids is 1. The summed E-state index contributed by atoms with van der Waals surface area (Å²) in [6.07, 6.45) is -0.456. The van der Waals surface area contributed by atoms with Crippen molar-refractivity contribution in [2.75, 3.05) is 19.8 Å². The maximum Gasteiger partial charge on any atom is 0.407 e. The SMILES string of the molecule is CC(C)[C@@H](CC(=O)NC1(C(=O)O)CCOC1)NC(=O)OCC1c2ccccc2-c2ccccc21. The molecule has 180 valence electrons. The summed E-state index contributed by atoms with van der Waals surface area (Å²) in [4.78, 5) is 36.9. The third kappa shape index (κ3) is 4.77. The fourth-order valence-electron chi connectivity index (χ4n) is 4.65. The van der Waals surface area contributed by atoms with Gasteiger partial charge in [0, 0.05) is 31.4 Å². The molecule has 2 aliphatic rings. The smallest absolute Gasteiger partial charge is 0.407 e. The highest BCUT2D eigenvalue weighted by Crippen LogP contribution is 2.44. The molecular formula is C26H30N2O6. The van der Waals surface area contributed by atoms with Gasteiger partial charge in [0.2, 0.25) is 5.91 Å². The summed E-state index contributed by atoms with van der Waals surface area (Å²) >= 11 is 0. The van der Waals surface area contributed by atoms with Crippen molar-refractivity contribution < 1.29 is 29.0 Å². The minimum atomic E-state index is -1.41. The number of fused-ring (bicyclic) bond motifs is 3. The lowest BCUT2D eigenvalue weighted by molar-refractivity contribution is -0.147. The van der Waals surface area contributed by atoms with Gasteiger partial charge in [-0.15, -0.1) is 0 Å². The van der Waals surface area contributed by atoms with Crippen LogP contribution in [0.1, 0.15) is 43.7 Å². The normalized spacial score (nSPS) is 19.9. The third-order valence-corrected chi connectivity index (χ3v) is 6.67. The lowest BCUT2D eigenvalue weighted by atomic mass is 9.96. The summed E-state index contributed by atoms with van der Waals surface area (Å²) in [5, 5.41) is 14.9. The van der Waals surface area contributed by atoms with Gasteiger partial charge in [0.05, 0.1) is 6.61 Å². The molecule has 8 nitrogen and oxygen atoms in total. The molecule has 3 N–H and O–H groups in total. The minimum Gasteiger partial charge on any atom is -0.479 e. The number of amides is 2. The largest absolute Gasteiger partial charge is 0.479 e. The highest BCUT2D eigenvalue weighted by molar-refractivity contribution is 5.88. The van der Waals surface area contributed by atoms with Crippen molar-refractivity contribution >= 4 is 18.0 Å². The average molecular weight is 467 g/mol. The summed E-state index contributed by atoms with van der Waals surface area (Å²) in [7, 11) is 0. The van der Waals surface area contributed by atoms with Crippen molar-refractivity contribution in [2.24, 2.45) is 5.92 Å². The van der Waals surface area contributed by atoms with E-state index in [2.05, 4.69) is 22.8 Å². The van der Waals surface area contributed by atoms with Crippen LogP contribution in [0, 0.1) is 5.92 Å². The summed E-state index contributed by atoms with van der Waals surface area (Å²) in [6.45, 7) is 4.15. The Balaban J connectivity index is 1.37. The van der Waals surface area contributed by atoms with Gasteiger partial charge in [-0.05, 0) is 28.2 Å². The molecule has 2 aromatic rings. The van der Waals surface area contributed by atoms with E-state index in [0.29, 0.717) is 0 Å². The van der Waals surface area contributed by atoms with Crippen LogP contribution in [-0.2, 0) is 19.1 Å². The summed E-state index contributed by atoms with van der Waals surface area (Å²) in [5.41, 5.74) is 3.12.